The van der Waals surface area contributed by atoms with E-state index in [0.717, 1.165) is 19.0 Å². The van der Waals surface area contributed by atoms with Gasteiger partial charge in [-0.25, -0.2) is 0 Å². The molecule has 2 heterocycles. The van der Waals surface area contributed by atoms with Gasteiger partial charge in [-0.2, -0.15) is 13.2 Å². The zero-order chi connectivity index (χ0) is 13.3. The number of aromatic nitrogens is 2. The van der Waals surface area contributed by atoms with Crippen LogP contribution in [0, 0.1) is 5.92 Å². The van der Waals surface area contributed by atoms with Crippen LogP contribution in [0.1, 0.15) is 19.0 Å². The van der Waals surface area contributed by atoms with Gasteiger partial charge in [-0.3, -0.25) is 0 Å². The molecule has 2 atom stereocenters. The van der Waals surface area contributed by atoms with Gasteiger partial charge >= 0.3 is 6.18 Å². The number of alkyl halides is 4. The number of nitrogens with zero attached hydrogens (tertiary/aromatic N) is 3. The highest BCUT2D eigenvalue weighted by atomic mass is 35.5. The molecule has 3 nitrogen and oxygen atoms in total. The van der Waals surface area contributed by atoms with E-state index >= 15 is 0 Å². The molecule has 2 unspecified atom stereocenters. The van der Waals surface area contributed by atoms with Crippen molar-refractivity contribution >= 4 is 17.4 Å². The highest BCUT2D eigenvalue weighted by molar-refractivity contribution is 6.21. The summed E-state index contributed by atoms with van der Waals surface area (Å²) in [5.74, 6) is 0.853. The Morgan fingerprint density at radius 3 is 2.56 bits per heavy atom. The predicted octanol–water partition coefficient (Wildman–Crippen LogP) is 2.95. The van der Waals surface area contributed by atoms with E-state index in [1.807, 2.05) is 4.90 Å². The monoisotopic (exact) mass is 279 g/mol. The number of halogens is 4. The Labute approximate surface area is 108 Å². The Hall–Kier alpha value is -1.04. The molecule has 0 aromatic carbocycles. The van der Waals surface area contributed by atoms with Gasteiger partial charge < -0.3 is 4.90 Å². The molecule has 1 aromatic heterocycles. The maximum absolute atomic E-state index is 12.3. The second-order valence-electron chi connectivity index (χ2n) is 4.50. The Kier molecular flexibility index (Phi) is 3.66. The van der Waals surface area contributed by atoms with Gasteiger partial charge in [-0.1, -0.05) is 6.92 Å². The van der Waals surface area contributed by atoms with Crippen molar-refractivity contribution in [1.29, 1.82) is 0 Å². The molecule has 100 valence electrons. The van der Waals surface area contributed by atoms with E-state index in [1.165, 1.54) is 6.07 Å². The first-order chi connectivity index (χ1) is 8.38. The molecule has 1 aromatic rings. The molecule has 0 radical (unpaired) electrons. The number of anilines is 1. The third kappa shape index (κ3) is 2.85. The molecule has 0 N–H and O–H groups in total. The smallest absolute Gasteiger partial charge is 0.354 e. The van der Waals surface area contributed by atoms with Crippen molar-refractivity contribution in [2.75, 3.05) is 18.0 Å². The van der Waals surface area contributed by atoms with Gasteiger partial charge in [0, 0.05) is 13.1 Å². The predicted molar refractivity (Wildman–Crippen MR) is 62.7 cm³/mol. The van der Waals surface area contributed by atoms with Crippen molar-refractivity contribution in [1.82, 2.24) is 10.2 Å². The molecule has 1 saturated heterocycles. The quantitative estimate of drug-likeness (QED) is 0.740. The molecule has 0 aliphatic carbocycles. The summed E-state index contributed by atoms with van der Waals surface area (Å²) >= 11 is 6.15. The van der Waals surface area contributed by atoms with Gasteiger partial charge in [0.05, 0.1) is 5.38 Å². The third-order valence-electron chi connectivity index (χ3n) is 3.13. The molecule has 0 bridgehead atoms. The van der Waals surface area contributed by atoms with Crippen LogP contribution in [0.2, 0.25) is 0 Å². The standard InChI is InChI=1S/C11H13ClF3N3/c1-7-4-5-18(6-8(7)12)10-3-2-9(16-17-10)11(13,14)15/h2-3,7-8H,4-6H2,1H3. The first-order valence-electron chi connectivity index (χ1n) is 5.68. The Morgan fingerprint density at radius 2 is 2.06 bits per heavy atom. The maximum atomic E-state index is 12.3. The van der Waals surface area contributed by atoms with E-state index < -0.39 is 11.9 Å². The molecule has 18 heavy (non-hydrogen) atoms. The van der Waals surface area contributed by atoms with Gasteiger partial charge in [0.25, 0.3) is 0 Å². The Bertz CT molecular complexity index is 407. The van der Waals surface area contributed by atoms with E-state index in [4.69, 9.17) is 11.6 Å². The van der Waals surface area contributed by atoms with Gasteiger partial charge in [0.1, 0.15) is 0 Å². The number of rotatable bonds is 1. The van der Waals surface area contributed by atoms with Crippen molar-refractivity contribution in [3.8, 4) is 0 Å². The normalized spacial score (nSPS) is 25.3. The lowest BCUT2D eigenvalue weighted by Crippen LogP contribution is -2.40. The number of hydrogen-bond acceptors (Lipinski definition) is 3. The number of hydrogen-bond donors (Lipinski definition) is 0. The molecule has 0 saturated carbocycles. The van der Waals surface area contributed by atoms with Gasteiger partial charge in [0.15, 0.2) is 11.5 Å². The van der Waals surface area contributed by atoms with Crippen LogP contribution in [-0.4, -0.2) is 28.7 Å². The topological polar surface area (TPSA) is 29.0 Å². The molecule has 0 amide bonds. The van der Waals surface area contributed by atoms with E-state index in [0.29, 0.717) is 18.3 Å². The van der Waals surface area contributed by atoms with Gasteiger partial charge in [0.2, 0.25) is 0 Å². The number of piperidine rings is 1. The van der Waals surface area contributed by atoms with Crippen molar-refractivity contribution in [3.05, 3.63) is 17.8 Å². The van der Waals surface area contributed by atoms with Crippen LogP contribution in [0.4, 0.5) is 19.0 Å². The molecule has 0 spiro atoms. The molecule has 2 rings (SSSR count). The summed E-state index contributed by atoms with van der Waals surface area (Å²) in [6.45, 7) is 3.39. The fourth-order valence-corrected chi connectivity index (χ4v) is 2.17. The maximum Gasteiger partial charge on any atom is 0.435 e. The SMILES string of the molecule is CC1CCN(c2ccc(C(F)(F)F)nn2)CC1Cl. The van der Waals surface area contributed by atoms with E-state index in [-0.39, 0.29) is 5.38 Å². The molecule has 1 aliphatic heterocycles. The lowest BCUT2D eigenvalue weighted by atomic mass is 9.99. The third-order valence-corrected chi connectivity index (χ3v) is 3.70. The summed E-state index contributed by atoms with van der Waals surface area (Å²) in [5.41, 5.74) is -0.973. The lowest BCUT2D eigenvalue weighted by molar-refractivity contribution is -0.141. The van der Waals surface area contributed by atoms with E-state index in [9.17, 15) is 13.2 Å². The van der Waals surface area contributed by atoms with Gasteiger partial charge in [-0.15, -0.1) is 21.8 Å². The second-order valence-corrected chi connectivity index (χ2v) is 5.06. The zero-order valence-electron chi connectivity index (χ0n) is 9.78. The fourth-order valence-electron chi connectivity index (χ4n) is 1.88. The average Bonchev–Trinajstić information content (AvgIpc) is 2.32. The summed E-state index contributed by atoms with van der Waals surface area (Å²) < 4.78 is 37.0. The van der Waals surface area contributed by atoms with E-state index in [2.05, 4.69) is 17.1 Å². The van der Waals surface area contributed by atoms with Crippen LogP contribution in [0.15, 0.2) is 12.1 Å². The minimum Gasteiger partial charge on any atom is -0.354 e. The first kappa shape index (κ1) is 13.4. The van der Waals surface area contributed by atoms with E-state index in [1.54, 1.807) is 0 Å². The molecular formula is C11H13ClF3N3. The zero-order valence-corrected chi connectivity index (χ0v) is 10.5. The lowest BCUT2D eigenvalue weighted by Gasteiger charge is -2.34. The Morgan fingerprint density at radius 1 is 1.33 bits per heavy atom. The summed E-state index contributed by atoms with van der Waals surface area (Å²) in [4.78, 5) is 1.87. The van der Waals surface area contributed by atoms with Crippen LogP contribution in [0.3, 0.4) is 0 Å². The van der Waals surface area contributed by atoms with Crippen LogP contribution in [-0.2, 0) is 6.18 Å². The summed E-state index contributed by atoms with van der Waals surface area (Å²) in [6, 6.07) is 2.29. The second kappa shape index (κ2) is 4.91. The highest BCUT2D eigenvalue weighted by Gasteiger charge is 2.33. The molecular weight excluding hydrogens is 267 g/mol. The largest absolute Gasteiger partial charge is 0.435 e. The first-order valence-corrected chi connectivity index (χ1v) is 6.11. The van der Waals surface area contributed by atoms with Crippen molar-refractivity contribution in [3.63, 3.8) is 0 Å². The summed E-state index contributed by atoms with van der Waals surface area (Å²) in [7, 11) is 0. The van der Waals surface area contributed by atoms with Crippen LogP contribution < -0.4 is 4.90 Å². The van der Waals surface area contributed by atoms with Crippen LogP contribution in [0.5, 0.6) is 0 Å². The van der Waals surface area contributed by atoms with Crippen molar-refractivity contribution in [2.24, 2.45) is 5.92 Å². The summed E-state index contributed by atoms with van der Waals surface area (Å²) in [5, 5.41) is 6.82. The van der Waals surface area contributed by atoms with Crippen LogP contribution in [0.25, 0.3) is 0 Å². The molecule has 7 heteroatoms. The molecule has 1 aliphatic rings. The van der Waals surface area contributed by atoms with Crippen molar-refractivity contribution in [2.45, 2.75) is 24.9 Å². The fraction of sp³-hybridized carbons (Fsp3) is 0.636. The van der Waals surface area contributed by atoms with Crippen molar-refractivity contribution < 1.29 is 13.2 Å². The average molecular weight is 280 g/mol. The minimum absolute atomic E-state index is 0.0113. The highest BCUT2D eigenvalue weighted by Crippen LogP contribution is 2.29. The summed E-state index contributed by atoms with van der Waals surface area (Å²) in [6.07, 6.45) is -3.55. The minimum atomic E-state index is -4.45. The van der Waals surface area contributed by atoms with Crippen LogP contribution >= 0.6 is 11.6 Å². The Balaban J connectivity index is 2.11. The van der Waals surface area contributed by atoms with Gasteiger partial charge in [-0.05, 0) is 24.5 Å². The molecule has 1 fully saturated rings.